The van der Waals surface area contributed by atoms with Crippen molar-refractivity contribution in [3.63, 3.8) is 0 Å². The summed E-state index contributed by atoms with van der Waals surface area (Å²) in [4.78, 5) is 12.7. The van der Waals surface area contributed by atoms with Crippen LogP contribution in [0.1, 0.15) is 29.8 Å². The molecule has 2 aromatic rings. The Hall–Kier alpha value is -2.13. The first kappa shape index (κ1) is 22.6. The summed E-state index contributed by atoms with van der Waals surface area (Å²) in [5.74, 6) is 0.311. The Labute approximate surface area is 182 Å². The van der Waals surface area contributed by atoms with Crippen molar-refractivity contribution in [2.75, 3.05) is 26.3 Å². The lowest BCUT2D eigenvalue weighted by Gasteiger charge is -2.26. The molecule has 2 aromatic carbocycles. The van der Waals surface area contributed by atoms with Crippen LogP contribution >= 0.6 is 11.6 Å². The zero-order chi connectivity index (χ0) is 21.7. The van der Waals surface area contributed by atoms with Crippen LogP contribution in [0.15, 0.2) is 47.4 Å². The Morgan fingerprint density at radius 1 is 1.17 bits per heavy atom. The molecule has 9 heteroatoms. The van der Waals surface area contributed by atoms with Gasteiger partial charge in [0.1, 0.15) is 5.75 Å². The number of hydrogen-bond donors (Lipinski definition) is 1. The number of sulfonamides is 1. The summed E-state index contributed by atoms with van der Waals surface area (Å²) in [6.45, 7) is 5.43. The molecule has 0 bridgehead atoms. The Kier molecular flexibility index (Phi) is 7.36. The summed E-state index contributed by atoms with van der Waals surface area (Å²) in [6.07, 6.45) is 0.0821. The van der Waals surface area contributed by atoms with E-state index in [0.717, 1.165) is 11.3 Å². The van der Waals surface area contributed by atoms with Crippen LogP contribution in [0.25, 0.3) is 0 Å². The van der Waals surface area contributed by atoms with E-state index in [0.29, 0.717) is 13.2 Å². The number of amides is 1. The van der Waals surface area contributed by atoms with Crippen LogP contribution in [-0.2, 0) is 21.3 Å². The minimum atomic E-state index is -3.72. The minimum absolute atomic E-state index is 0.0362. The Morgan fingerprint density at radius 3 is 2.47 bits per heavy atom. The van der Waals surface area contributed by atoms with Crippen molar-refractivity contribution in [1.29, 1.82) is 0 Å². The van der Waals surface area contributed by atoms with Gasteiger partial charge in [0.25, 0.3) is 5.91 Å². The van der Waals surface area contributed by atoms with Crippen molar-refractivity contribution in [2.24, 2.45) is 0 Å². The summed E-state index contributed by atoms with van der Waals surface area (Å²) in [5, 5.41) is 2.97. The molecule has 30 heavy (non-hydrogen) atoms. The highest BCUT2D eigenvalue weighted by Gasteiger charge is 2.27. The van der Waals surface area contributed by atoms with Gasteiger partial charge in [0.15, 0.2) is 0 Å². The predicted octanol–water partition coefficient (Wildman–Crippen LogP) is 3.08. The van der Waals surface area contributed by atoms with Gasteiger partial charge >= 0.3 is 0 Å². The molecule has 0 aliphatic carbocycles. The van der Waals surface area contributed by atoms with Crippen LogP contribution in [0.2, 0.25) is 5.02 Å². The van der Waals surface area contributed by atoms with Crippen LogP contribution in [0.5, 0.6) is 5.75 Å². The molecule has 1 amide bonds. The molecule has 1 heterocycles. The number of ether oxygens (including phenoxy) is 2. The zero-order valence-electron chi connectivity index (χ0n) is 16.9. The fourth-order valence-corrected chi connectivity index (χ4v) is 4.65. The van der Waals surface area contributed by atoms with Gasteiger partial charge in [0, 0.05) is 19.6 Å². The fraction of sp³-hybridized carbons (Fsp3) is 0.381. The van der Waals surface area contributed by atoms with Crippen LogP contribution < -0.4 is 10.1 Å². The molecule has 0 radical (unpaired) electrons. The molecule has 1 saturated heterocycles. The predicted molar refractivity (Wildman–Crippen MR) is 114 cm³/mol. The number of morpholine rings is 1. The number of benzene rings is 2. The number of nitrogens with one attached hydrogen (secondary N) is 1. The average molecular weight is 453 g/mol. The highest BCUT2D eigenvalue weighted by atomic mass is 35.5. The van der Waals surface area contributed by atoms with Crippen LogP contribution in [0, 0.1) is 0 Å². The smallest absolute Gasteiger partial charge is 0.253 e. The van der Waals surface area contributed by atoms with Crippen molar-refractivity contribution in [2.45, 2.75) is 31.4 Å². The van der Waals surface area contributed by atoms with Crippen molar-refractivity contribution in [3.05, 3.63) is 58.6 Å². The van der Waals surface area contributed by atoms with Gasteiger partial charge in [-0.15, -0.1) is 0 Å². The second-order valence-electron chi connectivity index (χ2n) is 7.15. The first-order valence-electron chi connectivity index (χ1n) is 9.68. The van der Waals surface area contributed by atoms with Crippen molar-refractivity contribution >= 4 is 27.5 Å². The lowest BCUT2D eigenvalue weighted by molar-refractivity contribution is 0.0730. The molecule has 1 N–H and O–H groups in total. The molecular formula is C21H25ClN2O5S. The van der Waals surface area contributed by atoms with Gasteiger partial charge in [-0.2, -0.15) is 4.31 Å². The molecule has 162 valence electrons. The SMILES string of the molecule is CC(C)Oc1ccc(CNC(=O)c2cc(S(=O)(=O)N3CCOCC3)ccc2Cl)cc1. The van der Waals surface area contributed by atoms with E-state index in [2.05, 4.69) is 5.32 Å². The maximum atomic E-state index is 12.8. The highest BCUT2D eigenvalue weighted by Crippen LogP contribution is 2.24. The van der Waals surface area contributed by atoms with E-state index in [-0.39, 0.29) is 41.2 Å². The van der Waals surface area contributed by atoms with Crippen molar-refractivity contribution in [3.8, 4) is 5.75 Å². The summed E-state index contributed by atoms with van der Waals surface area (Å²) >= 11 is 6.17. The Bertz CT molecular complexity index is 987. The first-order chi connectivity index (χ1) is 14.3. The summed E-state index contributed by atoms with van der Waals surface area (Å²) < 4.78 is 37.9. The number of rotatable bonds is 7. The molecule has 1 aliphatic heterocycles. The lowest BCUT2D eigenvalue weighted by atomic mass is 10.2. The molecule has 1 fully saturated rings. The second kappa shape index (κ2) is 9.78. The number of carbonyl (C=O) groups is 1. The summed E-state index contributed by atoms with van der Waals surface area (Å²) in [5.41, 5.74) is 0.999. The maximum absolute atomic E-state index is 12.8. The lowest BCUT2D eigenvalue weighted by Crippen LogP contribution is -2.40. The first-order valence-corrected chi connectivity index (χ1v) is 11.5. The van der Waals surface area contributed by atoms with Gasteiger partial charge in [-0.3, -0.25) is 4.79 Å². The topological polar surface area (TPSA) is 84.9 Å². The van der Waals surface area contributed by atoms with Gasteiger partial charge in [0.2, 0.25) is 10.0 Å². The Balaban J connectivity index is 1.70. The molecule has 7 nitrogen and oxygen atoms in total. The van der Waals surface area contributed by atoms with E-state index < -0.39 is 15.9 Å². The number of hydrogen-bond acceptors (Lipinski definition) is 5. The number of carbonyl (C=O) groups excluding carboxylic acids is 1. The van der Waals surface area contributed by atoms with E-state index in [1.54, 1.807) is 0 Å². The number of nitrogens with zero attached hydrogens (tertiary/aromatic N) is 1. The maximum Gasteiger partial charge on any atom is 0.253 e. The molecule has 0 unspecified atom stereocenters. The van der Waals surface area contributed by atoms with E-state index in [1.807, 2.05) is 38.1 Å². The standard InChI is InChI=1S/C21H25ClN2O5S/c1-15(2)29-17-5-3-16(4-6-17)14-23-21(25)19-13-18(7-8-20(19)22)30(26,27)24-9-11-28-12-10-24/h3-8,13,15H,9-12,14H2,1-2H3,(H,23,25). The zero-order valence-corrected chi connectivity index (χ0v) is 18.5. The van der Waals surface area contributed by atoms with Gasteiger partial charge in [0.05, 0.1) is 34.8 Å². The van der Waals surface area contributed by atoms with Gasteiger partial charge in [-0.25, -0.2) is 8.42 Å². The van der Waals surface area contributed by atoms with Crippen molar-refractivity contribution < 1.29 is 22.7 Å². The van der Waals surface area contributed by atoms with Crippen LogP contribution in [0.4, 0.5) is 0 Å². The van der Waals surface area contributed by atoms with Gasteiger partial charge in [-0.1, -0.05) is 23.7 Å². The molecule has 3 rings (SSSR count). The third kappa shape index (κ3) is 5.51. The highest BCUT2D eigenvalue weighted by molar-refractivity contribution is 7.89. The van der Waals surface area contributed by atoms with E-state index in [1.165, 1.54) is 22.5 Å². The molecule has 1 aliphatic rings. The largest absolute Gasteiger partial charge is 0.491 e. The van der Waals surface area contributed by atoms with Crippen LogP contribution in [-0.4, -0.2) is 51.0 Å². The van der Waals surface area contributed by atoms with E-state index >= 15 is 0 Å². The van der Waals surface area contributed by atoms with E-state index in [4.69, 9.17) is 21.1 Å². The fourth-order valence-electron chi connectivity index (χ4n) is 3.01. The van der Waals surface area contributed by atoms with Gasteiger partial charge < -0.3 is 14.8 Å². The minimum Gasteiger partial charge on any atom is -0.491 e. The third-order valence-electron chi connectivity index (χ3n) is 4.54. The number of halogens is 1. The normalized spacial score (nSPS) is 15.2. The molecule has 0 atom stereocenters. The van der Waals surface area contributed by atoms with Gasteiger partial charge in [-0.05, 0) is 49.7 Å². The molecule has 0 saturated carbocycles. The molecular weight excluding hydrogens is 428 g/mol. The van der Waals surface area contributed by atoms with E-state index in [9.17, 15) is 13.2 Å². The average Bonchev–Trinajstić information content (AvgIpc) is 2.73. The Morgan fingerprint density at radius 2 is 1.83 bits per heavy atom. The molecule has 0 spiro atoms. The quantitative estimate of drug-likeness (QED) is 0.697. The van der Waals surface area contributed by atoms with Crippen molar-refractivity contribution in [1.82, 2.24) is 9.62 Å². The summed E-state index contributed by atoms with van der Waals surface area (Å²) in [7, 11) is -3.72. The molecule has 0 aromatic heterocycles. The second-order valence-corrected chi connectivity index (χ2v) is 9.50. The summed E-state index contributed by atoms with van der Waals surface area (Å²) in [6, 6.07) is 11.6. The monoisotopic (exact) mass is 452 g/mol. The van der Waals surface area contributed by atoms with Crippen LogP contribution in [0.3, 0.4) is 0 Å². The third-order valence-corrected chi connectivity index (χ3v) is 6.76.